The lowest BCUT2D eigenvalue weighted by atomic mass is 10.1. The van der Waals surface area contributed by atoms with E-state index in [0.717, 1.165) is 6.42 Å². The minimum absolute atomic E-state index is 0.0688. The van der Waals surface area contributed by atoms with Crippen molar-refractivity contribution in [3.63, 3.8) is 0 Å². The standard InChI is InChI=1S/C20H22N2O3/c1-4-13(2)21-19(24)16-8-5-9-17(11-16)20(25)22-18-10-6-7-15(12-18)14(3)23/h5-13H,4H2,1-3H3,(H,21,24)(H,22,25). The topological polar surface area (TPSA) is 75.3 Å². The first-order valence-corrected chi connectivity index (χ1v) is 8.24. The van der Waals surface area contributed by atoms with Crippen LogP contribution in [0.15, 0.2) is 48.5 Å². The number of amides is 2. The Bertz CT molecular complexity index is 799. The Morgan fingerprint density at radius 3 is 2.16 bits per heavy atom. The molecule has 0 bridgehead atoms. The highest BCUT2D eigenvalue weighted by atomic mass is 16.2. The van der Waals surface area contributed by atoms with E-state index in [9.17, 15) is 14.4 Å². The van der Waals surface area contributed by atoms with Crippen LogP contribution in [0.1, 0.15) is 58.3 Å². The molecule has 0 radical (unpaired) electrons. The molecular weight excluding hydrogens is 316 g/mol. The van der Waals surface area contributed by atoms with Crippen LogP contribution in [-0.4, -0.2) is 23.6 Å². The van der Waals surface area contributed by atoms with Crippen molar-refractivity contribution in [1.29, 1.82) is 0 Å². The second-order valence-electron chi connectivity index (χ2n) is 5.95. The van der Waals surface area contributed by atoms with E-state index >= 15 is 0 Å². The molecule has 25 heavy (non-hydrogen) atoms. The number of nitrogens with one attached hydrogen (secondary N) is 2. The van der Waals surface area contributed by atoms with Gasteiger partial charge in [-0.15, -0.1) is 0 Å². The monoisotopic (exact) mass is 338 g/mol. The molecule has 0 aliphatic carbocycles. The second-order valence-corrected chi connectivity index (χ2v) is 5.95. The van der Waals surface area contributed by atoms with E-state index in [1.807, 2.05) is 13.8 Å². The fraction of sp³-hybridized carbons (Fsp3) is 0.250. The van der Waals surface area contributed by atoms with Crippen molar-refractivity contribution in [2.45, 2.75) is 33.2 Å². The quantitative estimate of drug-likeness (QED) is 0.789. The van der Waals surface area contributed by atoms with Gasteiger partial charge in [-0.05, 0) is 50.6 Å². The summed E-state index contributed by atoms with van der Waals surface area (Å²) in [6.07, 6.45) is 0.832. The SMILES string of the molecule is CCC(C)NC(=O)c1cccc(C(=O)Nc2cccc(C(C)=O)c2)c1. The van der Waals surface area contributed by atoms with Crippen LogP contribution in [0.4, 0.5) is 5.69 Å². The van der Waals surface area contributed by atoms with Crippen molar-refractivity contribution in [2.75, 3.05) is 5.32 Å². The normalized spacial score (nSPS) is 11.5. The van der Waals surface area contributed by atoms with E-state index in [2.05, 4.69) is 10.6 Å². The summed E-state index contributed by atoms with van der Waals surface area (Å²) >= 11 is 0. The largest absolute Gasteiger partial charge is 0.350 e. The highest BCUT2D eigenvalue weighted by Crippen LogP contribution is 2.14. The van der Waals surface area contributed by atoms with Gasteiger partial charge in [-0.1, -0.05) is 25.1 Å². The maximum absolute atomic E-state index is 12.4. The van der Waals surface area contributed by atoms with Crippen LogP contribution in [0.3, 0.4) is 0 Å². The molecule has 0 saturated heterocycles. The Kier molecular flexibility index (Phi) is 6.06. The maximum atomic E-state index is 12.4. The first-order valence-electron chi connectivity index (χ1n) is 8.24. The first kappa shape index (κ1) is 18.4. The summed E-state index contributed by atoms with van der Waals surface area (Å²) < 4.78 is 0. The summed E-state index contributed by atoms with van der Waals surface area (Å²) in [7, 11) is 0. The molecule has 1 unspecified atom stereocenters. The zero-order chi connectivity index (χ0) is 18.4. The molecule has 0 heterocycles. The molecule has 0 saturated carbocycles. The third-order valence-electron chi connectivity index (χ3n) is 3.90. The molecule has 0 aliphatic rings. The molecule has 1 atom stereocenters. The van der Waals surface area contributed by atoms with Crippen LogP contribution < -0.4 is 10.6 Å². The Labute approximate surface area is 147 Å². The third kappa shape index (κ3) is 5.01. The van der Waals surface area contributed by atoms with Crippen molar-refractivity contribution in [3.05, 3.63) is 65.2 Å². The summed E-state index contributed by atoms with van der Waals surface area (Å²) in [6.45, 7) is 5.39. The lowest BCUT2D eigenvalue weighted by Crippen LogP contribution is -2.32. The van der Waals surface area contributed by atoms with Crippen LogP contribution in [0, 0.1) is 0 Å². The molecular formula is C20H22N2O3. The summed E-state index contributed by atoms with van der Waals surface area (Å²) in [5, 5.41) is 5.62. The number of hydrogen-bond acceptors (Lipinski definition) is 3. The number of carbonyl (C=O) groups excluding carboxylic acids is 3. The van der Waals surface area contributed by atoms with Gasteiger partial charge in [0.25, 0.3) is 11.8 Å². The van der Waals surface area contributed by atoms with Crippen molar-refractivity contribution in [1.82, 2.24) is 5.32 Å². The molecule has 0 aliphatic heterocycles. The first-order chi connectivity index (χ1) is 11.9. The van der Waals surface area contributed by atoms with E-state index < -0.39 is 0 Å². The van der Waals surface area contributed by atoms with E-state index in [1.165, 1.54) is 6.92 Å². The Hall–Kier alpha value is -2.95. The maximum Gasteiger partial charge on any atom is 0.255 e. The molecule has 2 N–H and O–H groups in total. The molecule has 2 aromatic rings. The van der Waals surface area contributed by atoms with Gasteiger partial charge in [0.2, 0.25) is 0 Å². The Balaban J connectivity index is 2.14. The fourth-order valence-corrected chi connectivity index (χ4v) is 2.23. The van der Waals surface area contributed by atoms with Gasteiger partial charge in [0.05, 0.1) is 0 Å². The highest BCUT2D eigenvalue weighted by Gasteiger charge is 2.12. The molecule has 0 aromatic heterocycles. The number of hydrogen-bond donors (Lipinski definition) is 2. The zero-order valence-electron chi connectivity index (χ0n) is 14.6. The van der Waals surface area contributed by atoms with E-state index in [-0.39, 0.29) is 23.6 Å². The minimum Gasteiger partial charge on any atom is -0.350 e. The van der Waals surface area contributed by atoms with Gasteiger partial charge in [0.1, 0.15) is 0 Å². The fourth-order valence-electron chi connectivity index (χ4n) is 2.23. The average molecular weight is 338 g/mol. The van der Waals surface area contributed by atoms with Crippen LogP contribution in [0.25, 0.3) is 0 Å². The smallest absolute Gasteiger partial charge is 0.255 e. The Morgan fingerprint density at radius 1 is 0.920 bits per heavy atom. The summed E-state index contributed by atoms with van der Waals surface area (Å²) in [5.74, 6) is -0.610. The molecule has 2 aromatic carbocycles. The van der Waals surface area contributed by atoms with Crippen molar-refractivity contribution < 1.29 is 14.4 Å². The summed E-state index contributed by atoms with van der Waals surface area (Å²) in [4.78, 5) is 36.0. The molecule has 130 valence electrons. The summed E-state index contributed by atoms with van der Waals surface area (Å²) in [5.41, 5.74) is 1.88. The van der Waals surface area contributed by atoms with E-state index in [1.54, 1.807) is 48.5 Å². The number of rotatable bonds is 6. The van der Waals surface area contributed by atoms with Crippen molar-refractivity contribution in [3.8, 4) is 0 Å². The number of ketones is 1. The van der Waals surface area contributed by atoms with E-state index in [0.29, 0.717) is 22.4 Å². The van der Waals surface area contributed by atoms with Gasteiger partial charge in [-0.2, -0.15) is 0 Å². The predicted octanol–water partition coefficient (Wildman–Crippen LogP) is 3.67. The predicted molar refractivity (Wildman–Crippen MR) is 98.1 cm³/mol. The van der Waals surface area contributed by atoms with Crippen LogP contribution in [0.5, 0.6) is 0 Å². The molecule has 0 fully saturated rings. The molecule has 2 amide bonds. The molecule has 2 rings (SSSR count). The van der Waals surface area contributed by atoms with Gasteiger partial charge in [-0.25, -0.2) is 0 Å². The lowest BCUT2D eigenvalue weighted by Gasteiger charge is -2.12. The number of benzene rings is 2. The lowest BCUT2D eigenvalue weighted by molar-refractivity contribution is 0.0938. The third-order valence-corrected chi connectivity index (χ3v) is 3.90. The molecule has 5 heteroatoms. The van der Waals surface area contributed by atoms with Crippen LogP contribution in [0.2, 0.25) is 0 Å². The number of anilines is 1. The zero-order valence-corrected chi connectivity index (χ0v) is 14.6. The minimum atomic E-state index is -0.334. The van der Waals surface area contributed by atoms with E-state index in [4.69, 9.17) is 0 Å². The van der Waals surface area contributed by atoms with Gasteiger partial charge < -0.3 is 10.6 Å². The number of carbonyl (C=O) groups is 3. The Morgan fingerprint density at radius 2 is 1.52 bits per heavy atom. The van der Waals surface area contributed by atoms with Crippen LogP contribution >= 0.6 is 0 Å². The van der Waals surface area contributed by atoms with Crippen molar-refractivity contribution in [2.24, 2.45) is 0 Å². The summed E-state index contributed by atoms with van der Waals surface area (Å²) in [6, 6.07) is 13.4. The molecule has 5 nitrogen and oxygen atoms in total. The van der Waals surface area contributed by atoms with Crippen molar-refractivity contribution >= 4 is 23.3 Å². The molecule has 0 spiro atoms. The van der Waals surface area contributed by atoms with Gasteiger partial charge in [0, 0.05) is 28.4 Å². The highest BCUT2D eigenvalue weighted by molar-refractivity contribution is 6.06. The second kappa shape index (κ2) is 8.24. The van der Waals surface area contributed by atoms with Gasteiger partial charge >= 0.3 is 0 Å². The van der Waals surface area contributed by atoms with Gasteiger partial charge in [0.15, 0.2) is 5.78 Å². The number of Topliss-reactive ketones (excluding diaryl/α,β-unsaturated/α-hetero) is 1. The van der Waals surface area contributed by atoms with Crippen LogP contribution in [-0.2, 0) is 0 Å². The van der Waals surface area contributed by atoms with Gasteiger partial charge in [-0.3, -0.25) is 14.4 Å². The average Bonchev–Trinajstić information content (AvgIpc) is 2.61.